The van der Waals surface area contributed by atoms with Gasteiger partial charge in [-0.15, -0.1) is 0 Å². The van der Waals surface area contributed by atoms with Crippen LogP contribution in [0.3, 0.4) is 0 Å². The summed E-state index contributed by atoms with van der Waals surface area (Å²) in [6.07, 6.45) is 2.22. The second-order valence-corrected chi connectivity index (χ2v) is 5.93. The van der Waals surface area contributed by atoms with Gasteiger partial charge in [0.25, 0.3) is 5.56 Å². The largest absolute Gasteiger partial charge is 0.475 e. The summed E-state index contributed by atoms with van der Waals surface area (Å²) in [7, 11) is 0. The molecule has 0 bridgehead atoms. The summed E-state index contributed by atoms with van der Waals surface area (Å²) >= 11 is 0. The molecule has 0 saturated carbocycles. The molecule has 2 aromatic rings. The zero-order valence-corrected chi connectivity index (χ0v) is 12.9. The van der Waals surface area contributed by atoms with E-state index in [1.54, 1.807) is 12.1 Å². The lowest BCUT2D eigenvalue weighted by molar-refractivity contribution is 0.0660. The Labute approximate surface area is 133 Å². The normalized spacial score (nSPS) is 15.8. The summed E-state index contributed by atoms with van der Waals surface area (Å²) < 4.78 is 6.49. The molecule has 0 spiro atoms. The topological polar surface area (TPSA) is 88.6 Å². The van der Waals surface area contributed by atoms with Crippen molar-refractivity contribution in [1.82, 2.24) is 9.78 Å². The van der Waals surface area contributed by atoms with E-state index in [-0.39, 0.29) is 17.9 Å². The first-order valence-corrected chi connectivity index (χ1v) is 7.68. The lowest BCUT2D eigenvalue weighted by atomic mass is 9.99. The summed E-state index contributed by atoms with van der Waals surface area (Å²) in [5, 5.41) is 13.3. The van der Waals surface area contributed by atoms with Crippen molar-refractivity contribution in [2.24, 2.45) is 5.92 Å². The van der Waals surface area contributed by atoms with Crippen LogP contribution in [0, 0.1) is 5.92 Å². The number of anilines is 1. The van der Waals surface area contributed by atoms with Crippen LogP contribution in [-0.4, -0.2) is 33.9 Å². The molecule has 1 aliphatic heterocycles. The molecule has 1 aliphatic rings. The van der Waals surface area contributed by atoms with Crippen molar-refractivity contribution in [3.8, 4) is 0 Å². The maximum atomic E-state index is 12.0. The summed E-state index contributed by atoms with van der Waals surface area (Å²) in [6.45, 7) is 4.21. The van der Waals surface area contributed by atoms with Crippen LogP contribution in [0.15, 0.2) is 33.5 Å². The molecule has 1 saturated heterocycles. The molecule has 23 heavy (non-hydrogen) atoms. The molecular weight excluding hydrogens is 298 g/mol. The Kier molecular flexibility index (Phi) is 4.18. The Morgan fingerprint density at radius 3 is 2.70 bits per heavy atom. The van der Waals surface area contributed by atoms with Gasteiger partial charge in [0.2, 0.25) is 5.76 Å². The van der Waals surface area contributed by atoms with Crippen LogP contribution in [-0.2, 0) is 6.54 Å². The van der Waals surface area contributed by atoms with Gasteiger partial charge < -0.3 is 14.4 Å². The smallest absolute Gasteiger partial charge is 0.371 e. The van der Waals surface area contributed by atoms with Gasteiger partial charge >= 0.3 is 5.97 Å². The predicted octanol–water partition coefficient (Wildman–Crippen LogP) is 1.82. The highest BCUT2D eigenvalue weighted by molar-refractivity contribution is 5.84. The Balaban J connectivity index is 1.80. The second kappa shape index (κ2) is 6.28. The zero-order chi connectivity index (χ0) is 16.4. The standard InChI is InChI=1S/C16H19N3O4/c1-11-6-8-18(9-7-11)14-4-5-15(20)19(17-14)10-12-2-3-13(23-12)16(21)22/h2-5,11H,6-10H2,1H3,(H,21,22). The van der Waals surface area contributed by atoms with E-state index in [1.165, 1.54) is 16.8 Å². The summed E-state index contributed by atoms with van der Waals surface area (Å²) in [5.74, 6) is 0.597. The summed E-state index contributed by atoms with van der Waals surface area (Å²) in [6, 6.07) is 6.15. The molecule has 7 nitrogen and oxygen atoms in total. The first-order valence-electron chi connectivity index (χ1n) is 7.68. The number of rotatable bonds is 4. The molecule has 3 rings (SSSR count). The number of aromatic nitrogens is 2. The van der Waals surface area contributed by atoms with E-state index in [2.05, 4.69) is 16.9 Å². The van der Waals surface area contributed by atoms with Crippen LogP contribution in [0.1, 0.15) is 36.1 Å². The number of nitrogens with zero attached hydrogens (tertiary/aromatic N) is 3. The van der Waals surface area contributed by atoms with Crippen molar-refractivity contribution >= 4 is 11.8 Å². The fourth-order valence-corrected chi connectivity index (χ4v) is 2.68. The van der Waals surface area contributed by atoms with Gasteiger partial charge in [-0.1, -0.05) is 6.92 Å². The number of aromatic carboxylic acids is 1. The van der Waals surface area contributed by atoms with Gasteiger partial charge in [0.1, 0.15) is 18.1 Å². The fraction of sp³-hybridized carbons (Fsp3) is 0.438. The van der Waals surface area contributed by atoms with E-state index >= 15 is 0 Å². The Morgan fingerprint density at radius 1 is 1.30 bits per heavy atom. The van der Waals surface area contributed by atoms with Crippen molar-refractivity contribution < 1.29 is 14.3 Å². The van der Waals surface area contributed by atoms with Crippen molar-refractivity contribution in [2.45, 2.75) is 26.3 Å². The van der Waals surface area contributed by atoms with Gasteiger partial charge in [0.15, 0.2) is 0 Å². The molecule has 0 amide bonds. The van der Waals surface area contributed by atoms with Crippen molar-refractivity contribution in [2.75, 3.05) is 18.0 Å². The molecule has 0 aromatic carbocycles. The lowest BCUT2D eigenvalue weighted by Crippen LogP contribution is -2.35. The third kappa shape index (κ3) is 3.44. The van der Waals surface area contributed by atoms with Gasteiger partial charge in [-0.2, -0.15) is 5.10 Å². The van der Waals surface area contributed by atoms with Crippen molar-refractivity contribution in [1.29, 1.82) is 0 Å². The van der Waals surface area contributed by atoms with Crippen LogP contribution in [0.25, 0.3) is 0 Å². The highest BCUT2D eigenvalue weighted by Gasteiger charge is 2.18. The number of furan rings is 1. The van der Waals surface area contributed by atoms with Gasteiger partial charge in [0, 0.05) is 19.2 Å². The van der Waals surface area contributed by atoms with Crippen LogP contribution in [0.4, 0.5) is 5.82 Å². The van der Waals surface area contributed by atoms with E-state index in [1.807, 2.05) is 0 Å². The maximum absolute atomic E-state index is 12.0. The van der Waals surface area contributed by atoms with Crippen molar-refractivity contribution in [3.05, 3.63) is 46.1 Å². The average molecular weight is 317 g/mol. The molecule has 1 N–H and O–H groups in total. The Bertz CT molecular complexity index is 757. The van der Waals surface area contributed by atoms with Gasteiger partial charge in [-0.25, -0.2) is 9.48 Å². The molecular formula is C16H19N3O4. The van der Waals surface area contributed by atoms with Gasteiger partial charge in [-0.3, -0.25) is 4.79 Å². The third-order valence-electron chi connectivity index (χ3n) is 4.14. The molecule has 0 radical (unpaired) electrons. The summed E-state index contributed by atoms with van der Waals surface area (Å²) in [4.78, 5) is 25.0. The van der Waals surface area contributed by atoms with Gasteiger partial charge in [0.05, 0.1) is 0 Å². The number of carbonyl (C=O) groups is 1. The minimum Gasteiger partial charge on any atom is -0.475 e. The van der Waals surface area contributed by atoms with E-state index in [0.717, 1.165) is 37.7 Å². The first kappa shape index (κ1) is 15.3. The minimum absolute atomic E-state index is 0.115. The Hall–Kier alpha value is -2.57. The molecule has 0 atom stereocenters. The van der Waals surface area contributed by atoms with E-state index in [4.69, 9.17) is 9.52 Å². The number of hydrogen-bond acceptors (Lipinski definition) is 5. The van der Waals surface area contributed by atoms with Crippen LogP contribution >= 0.6 is 0 Å². The first-order chi connectivity index (χ1) is 11.0. The molecule has 1 fully saturated rings. The van der Waals surface area contributed by atoms with Crippen molar-refractivity contribution in [3.63, 3.8) is 0 Å². The maximum Gasteiger partial charge on any atom is 0.371 e. The van der Waals surface area contributed by atoms with Crippen LogP contribution < -0.4 is 10.5 Å². The molecule has 122 valence electrons. The number of carboxylic acid groups (broad SMARTS) is 1. The number of hydrogen-bond donors (Lipinski definition) is 1. The SMILES string of the molecule is CC1CCN(c2ccc(=O)n(Cc3ccc(C(=O)O)o3)n2)CC1. The van der Waals surface area contributed by atoms with E-state index in [0.29, 0.717) is 5.76 Å². The van der Waals surface area contributed by atoms with E-state index in [9.17, 15) is 9.59 Å². The quantitative estimate of drug-likeness (QED) is 0.925. The predicted molar refractivity (Wildman–Crippen MR) is 83.9 cm³/mol. The fourth-order valence-electron chi connectivity index (χ4n) is 2.68. The highest BCUT2D eigenvalue weighted by atomic mass is 16.4. The zero-order valence-electron chi connectivity index (χ0n) is 12.9. The second-order valence-electron chi connectivity index (χ2n) is 5.93. The lowest BCUT2D eigenvalue weighted by Gasteiger charge is -2.31. The van der Waals surface area contributed by atoms with E-state index < -0.39 is 5.97 Å². The van der Waals surface area contributed by atoms with Gasteiger partial charge in [-0.05, 0) is 37.0 Å². The Morgan fingerprint density at radius 2 is 2.04 bits per heavy atom. The monoisotopic (exact) mass is 317 g/mol. The molecule has 0 unspecified atom stereocenters. The number of carboxylic acids is 1. The summed E-state index contributed by atoms with van der Waals surface area (Å²) in [5.41, 5.74) is -0.243. The molecule has 3 heterocycles. The number of piperidine rings is 1. The molecule has 0 aliphatic carbocycles. The minimum atomic E-state index is -1.13. The third-order valence-corrected chi connectivity index (χ3v) is 4.14. The molecule has 2 aromatic heterocycles. The van der Waals surface area contributed by atoms with Crippen LogP contribution in [0.2, 0.25) is 0 Å². The average Bonchev–Trinajstić information content (AvgIpc) is 2.99. The molecule has 7 heteroatoms. The van der Waals surface area contributed by atoms with Crippen LogP contribution in [0.5, 0.6) is 0 Å². The highest BCUT2D eigenvalue weighted by Crippen LogP contribution is 2.20.